The zero-order valence-electron chi connectivity index (χ0n) is 29.2. The minimum Gasteiger partial charge on any atom is -0.444 e. The zero-order valence-corrected chi connectivity index (χ0v) is 30.0. The molecule has 0 spiro atoms. The van der Waals surface area contributed by atoms with Gasteiger partial charge in [-0.15, -0.1) is 6.58 Å². The van der Waals surface area contributed by atoms with E-state index in [0.717, 1.165) is 36.8 Å². The first-order chi connectivity index (χ1) is 23.7. The molecule has 50 heavy (non-hydrogen) atoms. The van der Waals surface area contributed by atoms with E-state index in [-0.39, 0.29) is 31.7 Å². The van der Waals surface area contributed by atoms with Crippen molar-refractivity contribution in [2.45, 2.75) is 108 Å². The number of hydrogen-bond donors (Lipinski definition) is 2. The van der Waals surface area contributed by atoms with E-state index < -0.39 is 74.5 Å². The molecule has 0 unspecified atom stereocenters. The second kappa shape index (κ2) is 14.0. The highest BCUT2D eigenvalue weighted by molar-refractivity contribution is 7.90. The molecule has 3 fully saturated rings. The molecule has 1 saturated heterocycles. The molecule has 5 aliphatic rings. The molecule has 3 aliphatic heterocycles. The van der Waals surface area contributed by atoms with Crippen LogP contribution in [0.2, 0.25) is 0 Å². The Kier molecular flexibility index (Phi) is 10.0. The van der Waals surface area contributed by atoms with E-state index in [1.165, 1.54) is 10.5 Å². The van der Waals surface area contributed by atoms with Crippen LogP contribution in [0.1, 0.15) is 81.9 Å². The lowest BCUT2D eigenvalue weighted by Gasteiger charge is -2.32. The number of allylic oxidation sites excluding steroid dienone is 1. The van der Waals surface area contributed by atoms with Gasteiger partial charge in [-0.05, 0) is 67.1 Å². The zero-order chi connectivity index (χ0) is 36.0. The Bertz CT molecular complexity index is 1680. The van der Waals surface area contributed by atoms with Gasteiger partial charge in [-0.1, -0.05) is 44.5 Å². The number of benzene rings is 1. The number of nitrogens with zero attached hydrogens (tertiary/aromatic N) is 3. The number of fused-ring (bicyclic) bond motifs is 3. The molecule has 1 aromatic rings. The number of hydrogen-bond acceptors (Lipinski definition) is 8. The quantitative estimate of drug-likeness (QED) is 0.389. The van der Waals surface area contributed by atoms with Gasteiger partial charge in [-0.2, -0.15) is 0 Å². The number of carbonyl (C=O) groups excluding carboxylic acids is 5. The van der Waals surface area contributed by atoms with Gasteiger partial charge in [0.2, 0.25) is 21.8 Å². The van der Waals surface area contributed by atoms with E-state index >= 15 is 0 Å². The van der Waals surface area contributed by atoms with Gasteiger partial charge in [-0.3, -0.25) is 24.0 Å². The summed E-state index contributed by atoms with van der Waals surface area (Å²) in [6.07, 6.45) is 4.58. The highest BCUT2D eigenvalue weighted by Crippen LogP contribution is 2.57. The van der Waals surface area contributed by atoms with Crippen LogP contribution in [0.25, 0.3) is 0 Å². The molecule has 6 rings (SSSR count). The van der Waals surface area contributed by atoms with Crippen LogP contribution in [0.4, 0.5) is 9.59 Å². The monoisotopic (exact) mass is 711 g/mol. The molecular formula is C36H49N5O8S. The molecule has 13 nitrogen and oxygen atoms in total. The summed E-state index contributed by atoms with van der Waals surface area (Å²) in [6, 6.07) is 3.67. The van der Waals surface area contributed by atoms with Crippen molar-refractivity contribution in [1.29, 1.82) is 0 Å². The smallest absolute Gasteiger partial charge is 0.410 e. The van der Waals surface area contributed by atoms with E-state index in [0.29, 0.717) is 32.5 Å². The van der Waals surface area contributed by atoms with Crippen LogP contribution >= 0.6 is 0 Å². The summed E-state index contributed by atoms with van der Waals surface area (Å²) in [4.78, 5) is 73.4. The van der Waals surface area contributed by atoms with Crippen molar-refractivity contribution in [3.63, 3.8) is 0 Å². The fourth-order valence-corrected chi connectivity index (χ4v) is 9.07. The fourth-order valence-electron chi connectivity index (χ4n) is 7.69. The van der Waals surface area contributed by atoms with Gasteiger partial charge in [0.15, 0.2) is 5.78 Å². The van der Waals surface area contributed by atoms with Gasteiger partial charge in [-0.25, -0.2) is 18.0 Å². The van der Waals surface area contributed by atoms with E-state index in [1.807, 2.05) is 12.1 Å². The lowest BCUT2D eigenvalue weighted by atomic mass is 9.91. The van der Waals surface area contributed by atoms with Crippen LogP contribution in [-0.4, -0.2) is 96.4 Å². The first-order valence-electron chi connectivity index (χ1n) is 17.8. The Morgan fingerprint density at radius 3 is 2.54 bits per heavy atom. The normalized spacial score (nSPS) is 29.1. The van der Waals surface area contributed by atoms with Crippen molar-refractivity contribution < 1.29 is 37.1 Å². The van der Waals surface area contributed by atoms with Gasteiger partial charge in [0, 0.05) is 39.5 Å². The van der Waals surface area contributed by atoms with Gasteiger partial charge >= 0.3 is 12.1 Å². The minimum absolute atomic E-state index is 0.0117. The second-order valence-electron chi connectivity index (χ2n) is 15.1. The summed E-state index contributed by atoms with van der Waals surface area (Å²) in [5, 5.41) is 2.26. The fraction of sp³-hybridized carbons (Fsp3) is 0.639. The number of amides is 5. The maximum Gasteiger partial charge on any atom is 0.410 e. The molecule has 0 radical (unpaired) electrons. The number of sulfonamides is 1. The van der Waals surface area contributed by atoms with Crippen LogP contribution in [0.15, 0.2) is 30.9 Å². The number of rotatable bonds is 8. The van der Waals surface area contributed by atoms with Crippen molar-refractivity contribution in [2.75, 3.05) is 20.1 Å². The highest BCUT2D eigenvalue weighted by atomic mass is 32.2. The summed E-state index contributed by atoms with van der Waals surface area (Å²) in [6.45, 7) is 8.65. The predicted molar refractivity (Wildman–Crippen MR) is 184 cm³/mol. The Morgan fingerprint density at radius 1 is 1.12 bits per heavy atom. The highest BCUT2D eigenvalue weighted by Gasteiger charge is 2.61. The Morgan fingerprint density at radius 2 is 1.86 bits per heavy atom. The van der Waals surface area contributed by atoms with Gasteiger partial charge in [0.05, 0.1) is 23.3 Å². The summed E-state index contributed by atoms with van der Waals surface area (Å²) in [5.41, 5.74) is 2.06. The number of carbonyl (C=O) groups is 5. The topological polar surface area (TPSA) is 162 Å². The van der Waals surface area contributed by atoms with E-state index in [4.69, 9.17) is 4.74 Å². The lowest BCUT2D eigenvalue weighted by molar-refractivity contribution is -0.141. The van der Waals surface area contributed by atoms with Crippen LogP contribution < -0.4 is 10.0 Å². The standard InChI is InChI=1S/C36H49N5O8S/c1-5-25-17-36(25,33(44)38-50(47,48)27-13-14-27)18-30(42)29-16-26-20-41(29)32(43)31(22(2)3)37-34(45)39(4)15-8-6-7-10-23-11-9-12-24-19-40(21-28(23)24)35(46)49-26/h5,9,11-12,22,25-27,29,31H,1,6-8,10,13-21H2,2-4H3,(H,37,45)(H,38,44)/t25-,26-,29+,31+,36-/m1/s1. The van der Waals surface area contributed by atoms with Crippen molar-refractivity contribution in [3.8, 4) is 0 Å². The average Bonchev–Trinajstić information content (AvgIpc) is 3.96. The maximum atomic E-state index is 14.3. The minimum atomic E-state index is -3.85. The molecule has 14 heteroatoms. The van der Waals surface area contributed by atoms with Gasteiger partial charge < -0.3 is 19.9 Å². The van der Waals surface area contributed by atoms with Crippen LogP contribution in [0.5, 0.6) is 0 Å². The Balaban J connectivity index is 1.26. The number of nitrogens with one attached hydrogen (secondary N) is 2. The molecule has 0 aromatic heterocycles. The molecule has 1 aromatic carbocycles. The largest absolute Gasteiger partial charge is 0.444 e. The Labute approximate surface area is 294 Å². The third-order valence-electron chi connectivity index (χ3n) is 11.1. The van der Waals surface area contributed by atoms with Crippen molar-refractivity contribution in [3.05, 3.63) is 47.5 Å². The SMILES string of the molecule is C=C[C@@H]1C[C@]1(CC(=O)[C@@H]1C[C@@H]2CN1C(=O)[C@H](C(C)C)NC(=O)N(C)CCCCCc1cccc3c1CN(C3)C(=O)O2)C(=O)NS(=O)(=O)C1CC1. The predicted octanol–water partition coefficient (Wildman–Crippen LogP) is 3.26. The van der Waals surface area contributed by atoms with E-state index in [2.05, 4.69) is 22.7 Å². The first kappa shape index (κ1) is 35.9. The number of urea groups is 1. The van der Waals surface area contributed by atoms with Crippen LogP contribution in [-0.2, 0) is 48.7 Å². The number of ketones is 1. The van der Waals surface area contributed by atoms with Crippen molar-refractivity contribution in [2.24, 2.45) is 17.3 Å². The molecule has 5 amide bonds. The molecule has 3 heterocycles. The van der Waals surface area contributed by atoms with Crippen LogP contribution in [0, 0.1) is 17.3 Å². The molecule has 2 aliphatic carbocycles. The van der Waals surface area contributed by atoms with Crippen LogP contribution in [0.3, 0.4) is 0 Å². The molecule has 272 valence electrons. The van der Waals surface area contributed by atoms with Gasteiger partial charge in [0.25, 0.3) is 0 Å². The number of aryl methyl sites for hydroxylation is 1. The third kappa shape index (κ3) is 7.26. The van der Waals surface area contributed by atoms with Crippen molar-refractivity contribution >= 4 is 39.7 Å². The lowest BCUT2D eigenvalue weighted by Crippen LogP contribution is -2.56. The van der Waals surface area contributed by atoms with E-state index in [9.17, 15) is 32.4 Å². The molecular weight excluding hydrogens is 662 g/mol. The third-order valence-corrected chi connectivity index (χ3v) is 12.9. The molecule has 2 saturated carbocycles. The first-order valence-corrected chi connectivity index (χ1v) is 19.4. The number of ether oxygens (including phenoxy) is 1. The molecule has 5 atom stereocenters. The summed E-state index contributed by atoms with van der Waals surface area (Å²) < 4.78 is 33.5. The number of Topliss-reactive ketones (excluding diaryl/α,β-unsaturated/α-hetero) is 1. The van der Waals surface area contributed by atoms with Gasteiger partial charge in [0.1, 0.15) is 12.1 Å². The van der Waals surface area contributed by atoms with Crippen molar-refractivity contribution in [1.82, 2.24) is 24.7 Å². The maximum absolute atomic E-state index is 14.3. The van der Waals surface area contributed by atoms with E-state index in [1.54, 1.807) is 36.8 Å². The second-order valence-corrected chi connectivity index (χ2v) is 17.0. The molecule has 4 bridgehead atoms. The Hall–Kier alpha value is -3.94. The molecule has 2 N–H and O–H groups in total. The summed E-state index contributed by atoms with van der Waals surface area (Å²) in [5.74, 6) is -2.40. The average molecular weight is 712 g/mol. The summed E-state index contributed by atoms with van der Waals surface area (Å²) >= 11 is 0. The summed E-state index contributed by atoms with van der Waals surface area (Å²) in [7, 11) is -2.16.